The third-order valence-corrected chi connectivity index (χ3v) is 1.26. The van der Waals surface area contributed by atoms with Crippen molar-refractivity contribution in [3.63, 3.8) is 0 Å². The molecule has 0 atom stereocenters. The fourth-order valence-electron chi connectivity index (χ4n) is 0.779. The van der Waals surface area contributed by atoms with Crippen LogP contribution in [0.3, 0.4) is 0 Å². The first-order chi connectivity index (χ1) is 5.35. The molecule has 0 aromatic heterocycles. The Morgan fingerprint density at radius 3 is 1.83 bits per heavy atom. The van der Waals surface area contributed by atoms with Gasteiger partial charge in [0, 0.05) is 0 Å². The minimum atomic E-state index is 0. The molecule has 0 spiro atoms. The molecule has 12 heavy (non-hydrogen) atoms. The summed E-state index contributed by atoms with van der Waals surface area (Å²) >= 11 is 0. The van der Waals surface area contributed by atoms with Crippen LogP contribution in [0.2, 0.25) is 6.32 Å². The van der Waals surface area contributed by atoms with Gasteiger partial charge in [-0.2, -0.15) is 0 Å². The van der Waals surface area contributed by atoms with Gasteiger partial charge in [0.2, 0.25) is 0 Å². The summed E-state index contributed by atoms with van der Waals surface area (Å²) in [4.78, 5) is 2.14. The standard InChI is InChI=1S/C9H15BN.ClH/c1-4-7-10-11(8-5-2)9-6-3;/h4-6H,1-3,7-9H2;1H/q+1;/p-1. The van der Waals surface area contributed by atoms with E-state index in [2.05, 4.69) is 32.0 Å². The Morgan fingerprint density at radius 2 is 1.50 bits per heavy atom. The number of allylic oxidation sites excluding steroid dienone is 1. The topological polar surface area (TPSA) is 3.24 Å². The van der Waals surface area contributed by atoms with E-state index in [4.69, 9.17) is 0 Å². The van der Waals surface area contributed by atoms with E-state index in [-0.39, 0.29) is 12.4 Å². The molecule has 0 amide bonds. The molecule has 66 valence electrons. The number of rotatable bonds is 7. The fraction of sp³-hybridized carbons (Fsp3) is 0.333. The van der Waals surface area contributed by atoms with E-state index in [1.807, 2.05) is 18.2 Å². The van der Waals surface area contributed by atoms with Crippen LogP contribution in [0, 0.1) is 0 Å². The molecule has 0 rings (SSSR count). The van der Waals surface area contributed by atoms with Crippen LogP contribution in [-0.2, 0) is 0 Å². The van der Waals surface area contributed by atoms with Crippen LogP contribution in [0.25, 0.3) is 0 Å². The fourth-order valence-corrected chi connectivity index (χ4v) is 0.779. The second kappa shape index (κ2) is 10.5. The van der Waals surface area contributed by atoms with Crippen molar-refractivity contribution in [1.82, 2.24) is 4.81 Å². The third-order valence-electron chi connectivity index (χ3n) is 1.26. The molecule has 0 fully saturated rings. The molecule has 0 saturated heterocycles. The Kier molecular flexibility index (Phi) is 12.4. The second-order valence-corrected chi connectivity index (χ2v) is 2.24. The van der Waals surface area contributed by atoms with Crippen molar-refractivity contribution < 1.29 is 12.4 Å². The molecule has 1 nitrogen and oxygen atoms in total. The minimum Gasteiger partial charge on any atom is -1.00 e. The van der Waals surface area contributed by atoms with Crippen molar-refractivity contribution in [1.29, 1.82) is 0 Å². The van der Waals surface area contributed by atoms with Crippen LogP contribution < -0.4 is 12.4 Å². The molecule has 0 radical (unpaired) electrons. The van der Waals surface area contributed by atoms with Crippen LogP contribution in [0.15, 0.2) is 38.0 Å². The van der Waals surface area contributed by atoms with E-state index in [9.17, 15) is 0 Å². The van der Waals surface area contributed by atoms with E-state index in [1.165, 1.54) is 0 Å². The molecule has 3 heteroatoms. The summed E-state index contributed by atoms with van der Waals surface area (Å²) in [5.41, 5.74) is 0. The Labute approximate surface area is 82.5 Å². The zero-order valence-corrected chi connectivity index (χ0v) is 8.13. The monoisotopic (exact) mass is 183 g/mol. The summed E-state index contributed by atoms with van der Waals surface area (Å²) in [6.45, 7) is 12.7. The first-order valence-corrected chi connectivity index (χ1v) is 3.75. The van der Waals surface area contributed by atoms with Gasteiger partial charge in [-0.25, -0.2) is 0 Å². The maximum atomic E-state index is 3.67. The van der Waals surface area contributed by atoms with Gasteiger partial charge in [-0.05, 0) is 0 Å². The van der Waals surface area contributed by atoms with Gasteiger partial charge in [-0.15, -0.1) is 0 Å². The van der Waals surface area contributed by atoms with Gasteiger partial charge in [-0.1, -0.05) is 0 Å². The summed E-state index contributed by atoms with van der Waals surface area (Å²) in [7, 11) is 2.09. The third kappa shape index (κ3) is 7.64. The quantitative estimate of drug-likeness (QED) is 0.357. The van der Waals surface area contributed by atoms with Crippen LogP contribution >= 0.6 is 0 Å². The van der Waals surface area contributed by atoms with E-state index < -0.39 is 0 Å². The van der Waals surface area contributed by atoms with Crippen molar-refractivity contribution in [3.8, 4) is 0 Å². The Hall–Kier alpha value is -0.465. The summed E-state index contributed by atoms with van der Waals surface area (Å²) < 4.78 is 0. The first kappa shape index (κ1) is 14.1. The number of hydrogen-bond acceptors (Lipinski definition) is 1. The van der Waals surface area contributed by atoms with E-state index in [0.717, 1.165) is 19.4 Å². The van der Waals surface area contributed by atoms with Gasteiger partial charge in [0.05, 0.1) is 0 Å². The molecule has 0 bridgehead atoms. The predicted molar refractivity (Wildman–Crippen MR) is 52.7 cm³/mol. The Bertz CT molecular complexity index is 126. The molecule has 0 aromatic rings. The Balaban J connectivity index is 0. The van der Waals surface area contributed by atoms with E-state index in [0.29, 0.717) is 0 Å². The van der Waals surface area contributed by atoms with Gasteiger partial charge in [0.15, 0.2) is 0 Å². The second-order valence-electron chi connectivity index (χ2n) is 2.24. The molecule has 0 unspecified atom stereocenters. The molecule has 0 aromatic carbocycles. The van der Waals surface area contributed by atoms with E-state index in [1.54, 1.807) is 0 Å². The van der Waals surface area contributed by atoms with Crippen molar-refractivity contribution in [2.45, 2.75) is 6.32 Å². The summed E-state index contributed by atoms with van der Waals surface area (Å²) in [5.74, 6) is 0. The summed E-state index contributed by atoms with van der Waals surface area (Å²) in [6.07, 6.45) is 6.53. The molecular weight excluding hydrogens is 168 g/mol. The number of nitrogens with zero attached hydrogens (tertiary/aromatic N) is 1. The summed E-state index contributed by atoms with van der Waals surface area (Å²) in [6, 6.07) is 0. The number of halogens is 1. The van der Waals surface area contributed by atoms with Crippen LogP contribution in [0.1, 0.15) is 0 Å². The van der Waals surface area contributed by atoms with Gasteiger partial charge >= 0.3 is 69.6 Å². The van der Waals surface area contributed by atoms with Gasteiger partial charge in [0.25, 0.3) is 0 Å². The van der Waals surface area contributed by atoms with Crippen molar-refractivity contribution in [3.05, 3.63) is 38.0 Å². The average molecular weight is 183 g/mol. The molecule has 0 aliphatic heterocycles. The maximum Gasteiger partial charge on any atom is -1.00 e. The maximum absolute atomic E-state index is 3.67. The van der Waals surface area contributed by atoms with Crippen molar-refractivity contribution in [2.24, 2.45) is 0 Å². The van der Waals surface area contributed by atoms with Gasteiger partial charge < -0.3 is 12.4 Å². The molecular formula is C9H15BClN. The van der Waals surface area contributed by atoms with Gasteiger partial charge in [-0.3, -0.25) is 0 Å². The SMILES string of the molecule is C=CC[B+]N(CC=C)CC=C.[Cl-]. The molecule has 0 saturated carbocycles. The number of hydrogen-bond donors (Lipinski definition) is 0. The Morgan fingerprint density at radius 1 is 1.00 bits per heavy atom. The smallest absolute Gasteiger partial charge is 1.00 e. The molecule has 0 heterocycles. The van der Waals surface area contributed by atoms with E-state index >= 15 is 0 Å². The zero-order chi connectivity index (χ0) is 8.53. The predicted octanol–water partition coefficient (Wildman–Crippen LogP) is -1.11. The first-order valence-electron chi connectivity index (χ1n) is 3.75. The average Bonchev–Trinajstić information content (AvgIpc) is 2.01. The van der Waals surface area contributed by atoms with Crippen molar-refractivity contribution >= 4 is 7.41 Å². The summed E-state index contributed by atoms with van der Waals surface area (Å²) in [5, 5.41) is 0. The molecule has 0 aliphatic rings. The van der Waals surface area contributed by atoms with Crippen LogP contribution in [0.5, 0.6) is 0 Å². The van der Waals surface area contributed by atoms with Crippen LogP contribution in [-0.4, -0.2) is 25.3 Å². The van der Waals surface area contributed by atoms with Crippen molar-refractivity contribution in [2.75, 3.05) is 13.1 Å². The molecule has 0 N–H and O–H groups in total. The minimum absolute atomic E-state index is 0. The van der Waals surface area contributed by atoms with Crippen LogP contribution in [0.4, 0.5) is 0 Å². The normalized spacial score (nSPS) is 8.08. The van der Waals surface area contributed by atoms with Gasteiger partial charge in [0.1, 0.15) is 0 Å². The largest absolute Gasteiger partial charge is 1.00 e. The molecule has 0 aliphatic carbocycles. The zero-order valence-electron chi connectivity index (χ0n) is 7.38.